The van der Waals surface area contributed by atoms with E-state index in [1.165, 1.54) is 12.1 Å². The van der Waals surface area contributed by atoms with Crippen molar-refractivity contribution in [1.82, 2.24) is 4.90 Å². The van der Waals surface area contributed by atoms with E-state index in [0.717, 1.165) is 17.7 Å². The van der Waals surface area contributed by atoms with Gasteiger partial charge in [-0.1, -0.05) is 42.5 Å². The van der Waals surface area contributed by atoms with Crippen LogP contribution in [0.4, 0.5) is 4.39 Å². The smallest absolute Gasteiger partial charge is 0.308 e. The summed E-state index contributed by atoms with van der Waals surface area (Å²) >= 11 is 0. The van der Waals surface area contributed by atoms with E-state index in [4.69, 9.17) is 0 Å². The molecule has 0 spiro atoms. The molecule has 114 valence electrons. The highest BCUT2D eigenvalue weighted by Gasteiger charge is 2.38. The maximum atomic E-state index is 13.4. The second-order valence-electron chi connectivity index (χ2n) is 5.79. The Morgan fingerprint density at radius 3 is 2.59 bits per heavy atom. The van der Waals surface area contributed by atoms with Crippen molar-refractivity contribution < 1.29 is 14.3 Å². The molecule has 0 amide bonds. The number of benzene rings is 2. The topological polar surface area (TPSA) is 40.5 Å². The number of carboxylic acid groups (broad SMARTS) is 1. The summed E-state index contributed by atoms with van der Waals surface area (Å²) in [6.07, 6.45) is 0. The van der Waals surface area contributed by atoms with E-state index in [2.05, 4.69) is 4.90 Å². The molecule has 1 heterocycles. The number of aliphatic carboxylic acids is 1. The van der Waals surface area contributed by atoms with Crippen LogP contribution in [0.3, 0.4) is 0 Å². The lowest BCUT2D eigenvalue weighted by Crippen LogP contribution is -2.23. The Labute approximate surface area is 129 Å². The molecular formula is C18H18FNO2. The number of rotatable bonds is 4. The van der Waals surface area contributed by atoms with Crippen LogP contribution in [0.5, 0.6) is 0 Å². The molecule has 1 fully saturated rings. The van der Waals surface area contributed by atoms with Gasteiger partial charge in [0.15, 0.2) is 0 Å². The molecule has 0 unspecified atom stereocenters. The summed E-state index contributed by atoms with van der Waals surface area (Å²) in [5, 5.41) is 9.48. The number of hydrogen-bond acceptors (Lipinski definition) is 2. The van der Waals surface area contributed by atoms with Crippen LogP contribution in [0, 0.1) is 11.7 Å². The first kappa shape index (κ1) is 14.7. The quantitative estimate of drug-likeness (QED) is 0.943. The van der Waals surface area contributed by atoms with Gasteiger partial charge in [-0.2, -0.15) is 0 Å². The van der Waals surface area contributed by atoms with Crippen LogP contribution in [-0.2, 0) is 11.3 Å². The maximum absolute atomic E-state index is 13.4. The van der Waals surface area contributed by atoms with Crippen LogP contribution < -0.4 is 0 Å². The molecular weight excluding hydrogens is 281 g/mol. The number of carbonyl (C=O) groups is 1. The van der Waals surface area contributed by atoms with E-state index in [-0.39, 0.29) is 11.7 Å². The van der Waals surface area contributed by atoms with Crippen LogP contribution in [-0.4, -0.2) is 29.1 Å². The monoisotopic (exact) mass is 299 g/mol. The van der Waals surface area contributed by atoms with E-state index < -0.39 is 11.9 Å². The summed E-state index contributed by atoms with van der Waals surface area (Å²) in [7, 11) is 0. The van der Waals surface area contributed by atoms with Crippen molar-refractivity contribution in [3.63, 3.8) is 0 Å². The van der Waals surface area contributed by atoms with Crippen molar-refractivity contribution in [2.24, 2.45) is 5.92 Å². The first-order chi connectivity index (χ1) is 10.6. The minimum atomic E-state index is -0.815. The molecule has 4 heteroatoms. The standard InChI is InChI=1S/C18H18FNO2/c19-15-8-4-7-14(9-15)16-11-20(12-17(16)18(21)22)10-13-5-2-1-3-6-13/h1-9,16-17H,10-12H2,(H,21,22)/t16-,17-/m0/s1. The molecule has 0 bridgehead atoms. The molecule has 2 aromatic rings. The normalized spacial score (nSPS) is 21.9. The van der Waals surface area contributed by atoms with Crippen LogP contribution in [0.1, 0.15) is 17.0 Å². The highest BCUT2D eigenvalue weighted by Crippen LogP contribution is 2.33. The van der Waals surface area contributed by atoms with E-state index in [1.807, 2.05) is 36.4 Å². The lowest BCUT2D eigenvalue weighted by molar-refractivity contribution is -0.141. The highest BCUT2D eigenvalue weighted by atomic mass is 19.1. The van der Waals surface area contributed by atoms with Crippen LogP contribution in [0.15, 0.2) is 54.6 Å². The predicted molar refractivity (Wildman–Crippen MR) is 82.0 cm³/mol. The third-order valence-corrected chi connectivity index (χ3v) is 4.24. The molecule has 1 aliphatic rings. The van der Waals surface area contributed by atoms with Crippen LogP contribution in [0.2, 0.25) is 0 Å². The molecule has 0 aliphatic carbocycles. The second-order valence-corrected chi connectivity index (χ2v) is 5.79. The van der Waals surface area contributed by atoms with Crippen LogP contribution >= 0.6 is 0 Å². The molecule has 3 rings (SSSR count). The molecule has 1 N–H and O–H groups in total. The highest BCUT2D eigenvalue weighted by molar-refractivity contribution is 5.72. The first-order valence-corrected chi connectivity index (χ1v) is 7.38. The molecule has 0 aromatic heterocycles. The van der Waals surface area contributed by atoms with E-state index in [1.54, 1.807) is 6.07 Å². The summed E-state index contributed by atoms with van der Waals surface area (Å²) in [5.41, 5.74) is 1.93. The molecule has 2 aromatic carbocycles. The lowest BCUT2D eigenvalue weighted by Gasteiger charge is -2.16. The predicted octanol–water partition coefficient (Wildman–Crippen LogP) is 3.13. The minimum Gasteiger partial charge on any atom is -0.481 e. The summed E-state index contributed by atoms with van der Waals surface area (Å²) < 4.78 is 13.4. The van der Waals surface area contributed by atoms with Crippen molar-refractivity contribution in [2.45, 2.75) is 12.5 Å². The number of carboxylic acids is 1. The number of nitrogens with zero attached hydrogens (tertiary/aromatic N) is 1. The molecule has 1 aliphatic heterocycles. The van der Waals surface area contributed by atoms with Crippen molar-refractivity contribution in [2.75, 3.05) is 13.1 Å². The van der Waals surface area contributed by atoms with Gasteiger partial charge in [0, 0.05) is 25.6 Å². The molecule has 3 nitrogen and oxygen atoms in total. The van der Waals surface area contributed by atoms with Gasteiger partial charge in [0.1, 0.15) is 5.82 Å². The van der Waals surface area contributed by atoms with Crippen molar-refractivity contribution in [3.8, 4) is 0 Å². The zero-order valence-electron chi connectivity index (χ0n) is 12.2. The lowest BCUT2D eigenvalue weighted by atomic mass is 9.89. The zero-order valence-corrected chi connectivity index (χ0v) is 12.2. The average molecular weight is 299 g/mol. The number of hydrogen-bond donors (Lipinski definition) is 1. The van der Waals surface area contributed by atoms with Crippen molar-refractivity contribution in [3.05, 3.63) is 71.5 Å². The van der Waals surface area contributed by atoms with E-state index in [0.29, 0.717) is 13.1 Å². The fourth-order valence-corrected chi connectivity index (χ4v) is 3.18. The molecule has 1 saturated heterocycles. The molecule has 0 saturated carbocycles. The van der Waals surface area contributed by atoms with Gasteiger partial charge in [0.05, 0.1) is 5.92 Å². The third kappa shape index (κ3) is 3.17. The van der Waals surface area contributed by atoms with E-state index >= 15 is 0 Å². The van der Waals surface area contributed by atoms with Gasteiger partial charge in [-0.15, -0.1) is 0 Å². The Hall–Kier alpha value is -2.20. The second kappa shape index (κ2) is 6.28. The summed E-state index contributed by atoms with van der Waals surface area (Å²) in [5.74, 6) is -1.80. The summed E-state index contributed by atoms with van der Waals surface area (Å²) in [6, 6.07) is 16.3. The minimum absolute atomic E-state index is 0.170. The Balaban J connectivity index is 1.79. The maximum Gasteiger partial charge on any atom is 0.308 e. The Bertz CT molecular complexity index is 659. The van der Waals surface area contributed by atoms with Gasteiger partial charge in [0.25, 0.3) is 0 Å². The molecule has 2 atom stereocenters. The average Bonchev–Trinajstić information content (AvgIpc) is 2.92. The van der Waals surface area contributed by atoms with Gasteiger partial charge < -0.3 is 5.11 Å². The van der Waals surface area contributed by atoms with Gasteiger partial charge in [-0.05, 0) is 23.3 Å². The zero-order chi connectivity index (χ0) is 15.5. The molecule has 0 radical (unpaired) electrons. The van der Waals surface area contributed by atoms with Gasteiger partial charge >= 0.3 is 5.97 Å². The fraction of sp³-hybridized carbons (Fsp3) is 0.278. The van der Waals surface area contributed by atoms with Crippen LogP contribution in [0.25, 0.3) is 0 Å². The van der Waals surface area contributed by atoms with Gasteiger partial charge in [-0.25, -0.2) is 4.39 Å². The molecule has 22 heavy (non-hydrogen) atoms. The summed E-state index contributed by atoms with van der Waals surface area (Å²) in [4.78, 5) is 13.7. The Morgan fingerprint density at radius 1 is 1.14 bits per heavy atom. The largest absolute Gasteiger partial charge is 0.481 e. The number of likely N-dealkylation sites (tertiary alicyclic amines) is 1. The van der Waals surface area contributed by atoms with E-state index in [9.17, 15) is 14.3 Å². The first-order valence-electron chi connectivity index (χ1n) is 7.38. The fourth-order valence-electron chi connectivity index (χ4n) is 3.18. The van der Waals surface area contributed by atoms with Gasteiger partial charge in [0.2, 0.25) is 0 Å². The Kier molecular flexibility index (Phi) is 4.20. The van der Waals surface area contributed by atoms with Crippen molar-refractivity contribution >= 4 is 5.97 Å². The number of halogens is 1. The Morgan fingerprint density at radius 2 is 1.91 bits per heavy atom. The SMILES string of the molecule is O=C(O)[C@H]1CN(Cc2ccccc2)C[C@H]1c1cccc(F)c1. The van der Waals surface area contributed by atoms with Gasteiger partial charge in [-0.3, -0.25) is 9.69 Å². The third-order valence-electron chi connectivity index (χ3n) is 4.24. The summed E-state index contributed by atoms with van der Waals surface area (Å²) in [6.45, 7) is 1.84. The van der Waals surface area contributed by atoms with Crippen molar-refractivity contribution in [1.29, 1.82) is 0 Å².